The number of esters is 1. The monoisotopic (exact) mass is 770 g/mol. The molecule has 6 rings (SSSR count). The zero-order valence-electron chi connectivity index (χ0n) is 35.8. The van der Waals surface area contributed by atoms with Crippen molar-refractivity contribution in [2.75, 3.05) is 6.61 Å². The van der Waals surface area contributed by atoms with E-state index in [0.29, 0.717) is 18.6 Å². The summed E-state index contributed by atoms with van der Waals surface area (Å²) in [4.78, 5) is 28.6. The predicted octanol–water partition coefficient (Wildman–Crippen LogP) is 11.2. The van der Waals surface area contributed by atoms with E-state index in [1.807, 2.05) is 26.0 Å². The van der Waals surface area contributed by atoms with Crippen molar-refractivity contribution in [3.8, 4) is 0 Å². The Bertz CT molecular complexity index is 2180. The van der Waals surface area contributed by atoms with Gasteiger partial charge in [0.15, 0.2) is 0 Å². The zero-order chi connectivity index (χ0) is 41.1. The first kappa shape index (κ1) is 41.8. The molecule has 0 saturated carbocycles. The highest BCUT2D eigenvalue weighted by molar-refractivity contribution is 6.21. The van der Waals surface area contributed by atoms with Crippen LogP contribution in [-0.4, -0.2) is 46.0 Å². The molecule has 8 nitrogen and oxygen atoms in total. The molecule has 3 N–H and O–H groups in total. The fraction of sp³-hybridized carbons (Fsp3) is 0.469. The maximum atomic E-state index is 13.2. The van der Waals surface area contributed by atoms with Crippen LogP contribution in [0.1, 0.15) is 127 Å². The lowest BCUT2D eigenvalue weighted by molar-refractivity contribution is -0.142. The van der Waals surface area contributed by atoms with E-state index in [1.54, 1.807) is 6.92 Å². The summed E-state index contributed by atoms with van der Waals surface area (Å²) < 4.78 is 5.74. The van der Waals surface area contributed by atoms with Crippen molar-refractivity contribution in [1.29, 1.82) is 0 Å². The number of ether oxygens (including phenoxy) is 1. The van der Waals surface area contributed by atoms with Gasteiger partial charge in [-0.25, -0.2) is 15.0 Å². The van der Waals surface area contributed by atoms with Crippen LogP contribution >= 0.6 is 0 Å². The third kappa shape index (κ3) is 9.02. The van der Waals surface area contributed by atoms with Crippen LogP contribution in [0.2, 0.25) is 0 Å². The Hall–Kier alpha value is -4.82. The molecule has 0 aromatic rings. The second-order valence-electron chi connectivity index (χ2n) is 16.8. The van der Waals surface area contributed by atoms with Crippen LogP contribution in [0.5, 0.6) is 0 Å². The SMILES string of the molecule is CCCC1=C(C)C2=NC1=CC1=C(C)C3=C(O)CC(=C4NC(=CC5=NC(=C2)C(C(C)O)=C5C)[C@@H](C)[C@@H]4CCC(=O)OC/C=C(\C)CC/C=C(\C)CCC=C(C)C)C3=N1. The Morgan fingerprint density at radius 3 is 2.30 bits per heavy atom. The van der Waals surface area contributed by atoms with E-state index in [2.05, 4.69) is 78.1 Å². The summed E-state index contributed by atoms with van der Waals surface area (Å²) in [5.74, 6) is 0.0594. The molecule has 5 aliphatic heterocycles. The molecule has 0 spiro atoms. The number of aliphatic hydroxyl groups is 2. The number of carbonyl (C=O) groups excluding carboxylic acids is 1. The van der Waals surface area contributed by atoms with Gasteiger partial charge in [-0.1, -0.05) is 49.1 Å². The summed E-state index contributed by atoms with van der Waals surface area (Å²) in [7, 11) is 0. The van der Waals surface area contributed by atoms with Gasteiger partial charge in [-0.3, -0.25) is 4.79 Å². The number of aliphatic hydroxyl groups excluding tert-OH is 2. The summed E-state index contributed by atoms with van der Waals surface area (Å²) in [5, 5.41) is 26.2. The van der Waals surface area contributed by atoms with Gasteiger partial charge in [0.2, 0.25) is 0 Å². The first-order valence-corrected chi connectivity index (χ1v) is 20.9. The van der Waals surface area contributed by atoms with Gasteiger partial charge in [0.1, 0.15) is 12.4 Å². The molecule has 1 saturated heterocycles. The van der Waals surface area contributed by atoms with Gasteiger partial charge in [-0.2, -0.15) is 0 Å². The van der Waals surface area contributed by atoms with Gasteiger partial charge in [0.25, 0.3) is 0 Å². The quantitative estimate of drug-likeness (QED) is 0.120. The van der Waals surface area contributed by atoms with Crippen molar-refractivity contribution >= 4 is 23.1 Å². The van der Waals surface area contributed by atoms with Crippen molar-refractivity contribution in [2.24, 2.45) is 26.8 Å². The number of nitrogens with zero attached hydrogens (tertiary/aromatic N) is 3. The molecule has 0 aromatic heterocycles. The number of allylic oxidation sites excluding steroid dienone is 16. The summed E-state index contributed by atoms with van der Waals surface area (Å²) in [6.07, 6.45) is 19.2. The lowest BCUT2D eigenvalue weighted by Crippen LogP contribution is -2.16. The van der Waals surface area contributed by atoms with Gasteiger partial charge >= 0.3 is 5.97 Å². The largest absolute Gasteiger partial charge is 0.511 e. The minimum absolute atomic E-state index is 0.0150. The van der Waals surface area contributed by atoms with E-state index in [4.69, 9.17) is 19.7 Å². The predicted molar refractivity (Wildman–Crippen MR) is 234 cm³/mol. The number of rotatable bonds is 14. The molecule has 5 heterocycles. The smallest absolute Gasteiger partial charge is 0.306 e. The minimum atomic E-state index is -0.716. The number of aliphatic imine (C=N–C) groups is 3. The number of hydrogen-bond acceptors (Lipinski definition) is 8. The third-order valence-electron chi connectivity index (χ3n) is 12.1. The summed E-state index contributed by atoms with van der Waals surface area (Å²) in [6, 6.07) is 0. The molecule has 8 bridgehead atoms. The Kier molecular flexibility index (Phi) is 13.0. The lowest BCUT2D eigenvalue weighted by atomic mass is 9.86. The molecule has 3 atom stereocenters. The van der Waals surface area contributed by atoms with Crippen molar-refractivity contribution in [3.63, 3.8) is 0 Å². The Balaban J connectivity index is 1.27. The summed E-state index contributed by atoms with van der Waals surface area (Å²) >= 11 is 0. The molecule has 1 aliphatic carbocycles. The van der Waals surface area contributed by atoms with E-state index < -0.39 is 6.10 Å². The van der Waals surface area contributed by atoms with Crippen LogP contribution in [0.25, 0.3) is 0 Å². The molecule has 0 amide bonds. The molecular weight excluding hydrogens is 709 g/mol. The maximum Gasteiger partial charge on any atom is 0.306 e. The average molecular weight is 771 g/mol. The summed E-state index contributed by atoms with van der Waals surface area (Å²) in [6.45, 7) is 21.1. The van der Waals surface area contributed by atoms with Crippen molar-refractivity contribution in [1.82, 2.24) is 5.32 Å². The molecule has 1 unspecified atom stereocenters. The van der Waals surface area contributed by atoms with Crippen LogP contribution in [-0.2, 0) is 9.53 Å². The van der Waals surface area contributed by atoms with Crippen LogP contribution < -0.4 is 5.32 Å². The second kappa shape index (κ2) is 17.8. The van der Waals surface area contributed by atoms with E-state index >= 15 is 0 Å². The lowest BCUT2D eigenvalue weighted by Gasteiger charge is -2.17. The molecule has 8 heteroatoms. The first-order chi connectivity index (χ1) is 27.2. The van der Waals surface area contributed by atoms with Gasteiger partial charge in [0.05, 0.1) is 40.3 Å². The molecule has 0 aromatic carbocycles. The zero-order valence-corrected chi connectivity index (χ0v) is 35.8. The van der Waals surface area contributed by atoms with Crippen LogP contribution in [0.4, 0.5) is 0 Å². The van der Waals surface area contributed by atoms with Gasteiger partial charge in [0, 0.05) is 52.8 Å². The Morgan fingerprint density at radius 1 is 0.912 bits per heavy atom. The number of fused-ring (bicyclic) bond motifs is 5. The van der Waals surface area contributed by atoms with E-state index in [-0.39, 0.29) is 30.8 Å². The Morgan fingerprint density at radius 2 is 1.60 bits per heavy atom. The van der Waals surface area contributed by atoms with E-state index in [0.717, 1.165) is 118 Å². The van der Waals surface area contributed by atoms with Crippen LogP contribution in [0, 0.1) is 11.8 Å². The highest BCUT2D eigenvalue weighted by Gasteiger charge is 2.41. The number of hydrogen-bond donors (Lipinski definition) is 3. The van der Waals surface area contributed by atoms with Crippen LogP contribution in [0.3, 0.4) is 0 Å². The average Bonchev–Trinajstić information content (AvgIpc) is 3.90. The second-order valence-corrected chi connectivity index (χ2v) is 16.8. The normalized spacial score (nSPS) is 22.5. The number of carbonyl (C=O) groups is 1. The fourth-order valence-electron chi connectivity index (χ4n) is 8.73. The highest BCUT2D eigenvalue weighted by Crippen LogP contribution is 2.46. The topological polar surface area (TPSA) is 116 Å². The van der Waals surface area contributed by atoms with Crippen molar-refractivity contribution in [3.05, 3.63) is 126 Å². The number of nitrogens with one attached hydrogen (secondary N) is 1. The van der Waals surface area contributed by atoms with Crippen molar-refractivity contribution in [2.45, 2.75) is 133 Å². The highest BCUT2D eigenvalue weighted by atomic mass is 16.5. The maximum absolute atomic E-state index is 13.2. The van der Waals surface area contributed by atoms with Gasteiger partial charge in [-0.15, -0.1) is 0 Å². The fourth-order valence-corrected chi connectivity index (χ4v) is 8.73. The van der Waals surface area contributed by atoms with E-state index in [1.165, 1.54) is 22.3 Å². The molecule has 57 heavy (non-hydrogen) atoms. The van der Waals surface area contributed by atoms with Gasteiger partial charge in [-0.05, 0) is 141 Å². The first-order valence-electron chi connectivity index (χ1n) is 20.9. The third-order valence-corrected chi connectivity index (χ3v) is 12.1. The molecule has 6 aliphatic rings. The standard InChI is InChI=1S/C49H62N4O4/c1-11-14-35-30(6)38-26-43-46(34(10)54)32(8)40(51-43)24-39-31(7)36(19-20-45(56)57-22-21-29(5)18-13-17-28(4)16-12-15-27(2)3)48(52-39)37-23-44(55)47-33(9)41(53-49(37)47)25-42(35)50-38/h15,17,21,24-26,31,34,36,52,54-55H,11-14,16,18-20,22-23H2,1-10H3/b28-17+,29-21+,39-24?,42-25?,43-26?,48-37?/t31-,34?,36-/m0/s1. The van der Waals surface area contributed by atoms with E-state index in [9.17, 15) is 15.0 Å². The molecule has 302 valence electrons. The molecular formula is C49H62N4O4. The van der Waals surface area contributed by atoms with Crippen LogP contribution in [0.15, 0.2) is 141 Å². The van der Waals surface area contributed by atoms with Gasteiger partial charge < -0.3 is 20.3 Å². The molecule has 1 fully saturated rings. The summed E-state index contributed by atoms with van der Waals surface area (Å²) in [5.41, 5.74) is 17.4. The molecule has 0 radical (unpaired) electrons. The van der Waals surface area contributed by atoms with Crippen molar-refractivity contribution < 1.29 is 19.7 Å². The minimum Gasteiger partial charge on any atom is -0.511 e. The Labute approximate surface area is 340 Å².